The van der Waals surface area contributed by atoms with E-state index in [2.05, 4.69) is 6.58 Å². The van der Waals surface area contributed by atoms with Crippen LogP contribution in [0.2, 0.25) is 0 Å². The molecule has 0 aliphatic rings. The van der Waals surface area contributed by atoms with E-state index in [4.69, 9.17) is 14.6 Å². The average Bonchev–Trinajstić information content (AvgIpc) is 2.10. The van der Waals surface area contributed by atoms with E-state index in [1.165, 1.54) is 0 Å². The summed E-state index contributed by atoms with van der Waals surface area (Å²) in [6, 6.07) is 0. The standard InChI is InChI=1S/C9H16O4/c1-3-12-6-4-5-7-13-8(2)9(10)11/h2-7H2,1H3,(H,10,11). The van der Waals surface area contributed by atoms with Crippen molar-refractivity contribution in [3.05, 3.63) is 12.3 Å². The Bertz CT molecular complexity index is 165. The summed E-state index contributed by atoms with van der Waals surface area (Å²) in [6.45, 7) is 6.96. The van der Waals surface area contributed by atoms with Crippen LogP contribution in [0, 0.1) is 0 Å². The summed E-state index contributed by atoms with van der Waals surface area (Å²) < 4.78 is 9.93. The molecule has 0 heterocycles. The molecular weight excluding hydrogens is 172 g/mol. The summed E-state index contributed by atoms with van der Waals surface area (Å²) in [6.07, 6.45) is 1.66. The Morgan fingerprint density at radius 2 is 2.00 bits per heavy atom. The van der Waals surface area contributed by atoms with Crippen LogP contribution in [0.5, 0.6) is 0 Å². The van der Waals surface area contributed by atoms with Gasteiger partial charge in [0, 0.05) is 13.2 Å². The Balaban J connectivity index is 3.16. The van der Waals surface area contributed by atoms with E-state index in [-0.39, 0.29) is 5.76 Å². The van der Waals surface area contributed by atoms with Gasteiger partial charge in [-0.25, -0.2) is 4.79 Å². The molecule has 0 amide bonds. The zero-order valence-electron chi connectivity index (χ0n) is 7.91. The largest absolute Gasteiger partial charge is 0.487 e. The highest BCUT2D eigenvalue weighted by Crippen LogP contribution is 1.97. The van der Waals surface area contributed by atoms with Crippen LogP contribution in [0.3, 0.4) is 0 Å². The summed E-state index contributed by atoms with van der Waals surface area (Å²) in [7, 11) is 0. The van der Waals surface area contributed by atoms with E-state index in [0.29, 0.717) is 19.8 Å². The number of rotatable bonds is 8. The van der Waals surface area contributed by atoms with Crippen LogP contribution in [0.4, 0.5) is 0 Å². The molecule has 0 spiro atoms. The zero-order valence-corrected chi connectivity index (χ0v) is 7.91. The van der Waals surface area contributed by atoms with Crippen molar-refractivity contribution < 1.29 is 19.4 Å². The van der Waals surface area contributed by atoms with Gasteiger partial charge in [0.25, 0.3) is 0 Å². The van der Waals surface area contributed by atoms with E-state index in [0.717, 1.165) is 12.8 Å². The molecule has 0 bridgehead atoms. The highest BCUT2D eigenvalue weighted by molar-refractivity contribution is 5.83. The molecule has 13 heavy (non-hydrogen) atoms. The van der Waals surface area contributed by atoms with Crippen molar-refractivity contribution >= 4 is 5.97 Å². The minimum atomic E-state index is -1.11. The van der Waals surface area contributed by atoms with Crippen molar-refractivity contribution in [3.63, 3.8) is 0 Å². The predicted molar refractivity (Wildman–Crippen MR) is 48.5 cm³/mol. The van der Waals surface area contributed by atoms with E-state index in [1.54, 1.807) is 0 Å². The van der Waals surface area contributed by atoms with Gasteiger partial charge in [0.2, 0.25) is 0 Å². The minimum Gasteiger partial charge on any atom is -0.487 e. The molecule has 0 rings (SSSR count). The molecule has 4 heteroatoms. The fourth-order valence-corrected chi connectivity index (χ4v) is 0.708. The van der Waals surface area contributed by atoms with Gasteiger partial charge in [0.1, 0.15) is 0 Å². The fourth-order valence-electron chi connectivity index (χ4n) is 0.708. The lowest BCUT2D eigenvalue weighted by atomic mass is 10.3. The lowest BCUT2D eigenvalue weighted by Crippen LogP contribution is -2.05. The van der Waals surface area contributed by atoms with Gasteiger partial charge >= 0.3 is 5.97 Å². The Kier molecular flexibility index (Phi) is 7.01. The van der Waals surface area contributed by atoms with Crippen molar-refractivity contribution in [1.82, 2.24) is 0 Å². The quantitative estimate of drug-likeness (QED) is 0.355. The molecule has 0 aromatic heterocycles. The van der Waals surface area contributed by atoms with Gasteiger partial charge in [-0.15, -0.1) is 0 Å². The summed E-state index contributed by atoms with van der Waals surface area (Å²) >= 11 is 0. The maximum absolute atomic E-state index is 10.2. The average molecular weight is 188 g/mol. The van der Waals surface area contributed by atoms with Crippen molar-refractivity contribution in [1.29, 1.82) is 0 Å². The number of carboxylic acids is 1. The van der Waals surface area contributed by atoms with Crippen LogP contribution in [0.15, 0.2) is 12.3 Å². The molecule has 0 aromatic rings. The molecule has 0 aromatic carbocycles. The molecule has 0 aliphatic heterocycles. The molecule has 4 nitrogen and oxygen atoms in total. The molecule has 76 valence electrons. The third-order valence-corrected chi connectivity index (χ3v) is 1.40. The number of ether oxygens (including phenoxy) is 2. The van der Waals surface area contributed by atoms with Gasteiger partial charge in [0.15, 0.2) is 5.76 Å². The van der Waals surface area contributed by atoms with Gasteiger partial charge in [0.05, 0.1) is 6.61 Å². The van der Waals surface area contributed by atoms with Crippen LogP contribution < -0.4 is 0 Å². The third kappa shape index (κ3) is 7.33. The minimum absolute atomic E-state index is 0.198. The lowest BCUT2D eigenvalue weighted by Gasteiger charge is -2.04. The molecule has 1 N–H and O–H groups in total. The monoisotopic (exact) mass is 188 g/mol. The van der Waals surface area contributed by atoms with Gasteiger partial charge in [-0.2, -0.15) is 0 Å². The van der Waals surface area contributed by atoms with E-state index in [9.17, 15) is 4.79 Å². The first-order valence-electron chi connectivity index (χ1n) is 4.31. The second kappa shape index (κ2) is 7.61. The number of carbonyl (C=O) groups is 1. The van der Waals surface area contributed by atoms with Crippen LogP contribution in [0.25, 0.3) is 0 Å². The number of unbranched alkanes of at least 4 members (excludes halogenated alkanes) is 1. The van der Waals surface area contributed by atoms with E-state index >= 15 is 0 Å². The van der Waals surface area contributed by atoms with Crippen molar-refractivity contribution in [2.45, 2.75) is 19.8 Å². The number of aliphatic carboxylic acids is 1. The van der Waals surface area contributed by atoms with Crippen LogP contribution in [-0.4, -0.2) is 30.9 Å². The molecule has 0 aliphatic carbocycles. The first kappa shape index (κ1) is 12.0. The zero-order chi connectivity index (χ0) is 10.1. The molecule has 0 radical (unpaired) electrons. The maximum Gasteiger partial charge on any atom is 0.370 e. The number of hydrogen-bond acceptors (Lipinski definition) is 3. The normalized spacial score (nSPS) is 9.62. The molecular formula is C9H16O4. The Hall–Kier alpha value is -1.03. The topological polar surface area (TPSA) is 55.8 Å². The SMILES string of the molecule is C=C(OCCCCOCC)C(=O)O. The first-order valence-corrected chi connectivity index (χ1v) is 4.31. The van der Waals surface area contributed by atoms with Crippen LogP contribution in [0.1, 0.15) is 19.8 Å². The fraction of sp³-hybridized carbons (Fsp3) is 0.667. The summed E-state index contributed by atoms with van der Waals surface area (Å²) in [4.78, 5) is 10.2. The van der Waals surface area contributed by atoms with Crippen molar-refractivity contribution in [2.75, 3.05) is 19.8 Å². The van der Waals surface area contributed by atoms with Gasteiger partial charge in [-0.05, 0) is 26.3 Å². The third-order valence-electron chi connectivity index (χ3n) is 1.40. The number of carboxylic acid groups (broad SMARTS) is 1. The van der Waals surface area contributed by atoms with Gasteiger partial charge in [-0.1, -0.05) is 0 Å². The Morgan fingerprint density at radius 1 is 1.38 bits per heavy atom. The highest BCUT2D eigenvalue weighted by atomic mass is 16.5. The first-order chi connectivity index (χ1) is 6.18. The van der Waals surface area contributed by atoms with E-state index in [1.807, 2.05) is 6.92 Å². The lowest BCUT2D eigenvalue weighted by molar-refractivity contribution is -0.136. The molecule has 0 fully saturated rings. The maximum atomic E-state index is 10.2. The van der Waals surface area contributed by atoms with Gasteiger partial charge < -0.3 is 14.6 Å². The Labute approximate surface area is 78.2 Å². The molecule has 0 unspecified atom stereocenters. The molecule has 0 saturated heterocycles. The van der Waals surface area contributed by atoms with Crippen LogP contribution in [-0.2, 0) is 14.3 Å². The summed E-state index contributed by atoms with van der Waals surface area (Å²) in [5.74, 6) is -1.30. The predicted octanol–water partition coefficient (Wildman–Crippen LogP) is 1.42. The summed E-state index contributed by atoms with van der Waals surface area (Å²) in [5, 5.41) is 8.37. The van der Waals surface area contributed by atoms with Crippen molar-refractivity contribution in [3.8, 4) is 0 Å². The Morgan fingerprint density at radius 3 is 2.54 bits per heavy atom. The van der Waals surface area contributed by atoms with Crippen LogP contribution >= 0.6 is 0 Å². The second-order valence-electron chi connectivity index (χ2n) is 2.48. The molecule has 0 saturated carbocycles. The molecule has 0 atom stereocenters. The smallest absolute Gasteiger partial charge is 0.370 e. The number of hydrogen-bond donors (Lipinski definition) is 1. The van der Waals surface area contributed by atoms with E-state index < -0.39 is 5.97 Å². The summed E-state index contributed by atoms with van der Waals surface area (Å²) in [5.41, 5.74) is 0. The van der Waals surface area contributed by atoms with Crippen molar-refractivity contribution in [2.24, 2.45) is 0 Å². The van der Waals surface area contributed by atoms with Gasteiger partial charge in [-0.3, -0.25) is 0 Å². The highest BCUT2D eigenvalue weighted by Gasteiger charge is 2.03. The second-order valence-corrected chi connectivity index (χ2v) is 2.48.